The molecule has 0 aromatic carbocycles. The molecule has 2 heteroatoms. The van der Waals surface area contributed by atoms with Gasteiger partial charge in [0.15, 0.2) is 0 Å². The number of likely N-dealkylation sites (N-methyl/N-ethyl adjacent to an activating group) is 1. The van der Waals surface area contributed by atoms with E-state index in [0.717, 1.165) is 6.54 Å². The van der Waals surface area contributed by atoms with E-state index in [0.29, 0.717) is 12.0 Å². The summed E-state index contributed by atoms with van der Waals surface area (Å²) in [4.78, 5) is 2.24. The smallest absolute Gasteiger partial charge is 0.0735 e. The van der Waals surface area contributed by atoms with Gasteiger partial charge in [0.2, 0.25) is 0 Å². The van der Waals surface area contributed by atoms with Gasteiger partial charge in [0.25, 0.3) is 0 Å². The van der Waals surface area contributed by atoms with Crippen LogP contribution in [-0.4, -0.2) is 35.7 Å². The summed E-state index contributed by atoms with van der Waals surface area (Å²) in [6.07, 6.45) is 6.52. The first kappa shape index (κ1) is 8.52. The van der Waals surface area contributed by atoms with Crippen molar-refractivity contribution in [3.05, 3.63) is 0 Å². The lowest BCUT2D eigenvalue weighted by Crippen LogP contribution is -2.29. The van der Waals surface area contributed by atoms with Crippen molar-refractivity contribution in [1.29, 1.82) is 0 Å². The van der Waals surface area contributed by atoms with Gasteiger partial charge in [-0.25, -0.2) is 0 Å². The first-order valence-corrected chi connectivity index (χ1v) is 5.17. The second kappa shape index (κ2) is 3.35. The molecule has 0 spiro atoms. The second-order valence-electron chi connectivity index (χ2n) is 4.40. The maximum absolute atomic E-state index is 9.94. The van der Waals surface area contributed by atoms with Gasteiger partial charge < -0.3 is 5.11 Å². The van der Waals surface area contributed by atoms with Gasteiger partial charge in [0.1, 0.15) is 0 Å². The van der Waals surface area contributed by atoms with Gasteiger partial charge in [-0.3, -0.25) is 4.90 Å². The van der Waals surface area contributed by atoms with Gasteiger partial charge in [0, 0.05) is 12.6 Å². The average molecular weight is 169 g/mol. The van der Waals surface area contributed by atoms with Crippen LogP contribution in [0.3, 0.4) is 0 Å². The van der Waals surface area contributed by atoms with Crippen LogP contribution in [0.15, 0.2) is 0 Å². The molecule has 2 rings (SSSR count). The highest BCUT2D eigenvalue weighted by Gasteiger charge is 2.40. The Balaban J connectivity index is 1.82. The minimum absolute atomic E-state index is 0.0321. The Kier molecular flexibility index (Phi) is 2.37. The number of rotatable bonds is 2. The molecule has 1 N–H and O–H groups in total. The molecule has 1 aliphatic carbocycles. The molecule has 2 fully saturated rings. The molecule has 0 aromatic rings. The molecule has 0 amide bonds. The van der Waals surface area contributed by atoms with Gasteiger partial charge in [-0.1, -0.05) is 19.3 Å². The van der Waals surface area contributed by atoms with Crippen LogP contribution < -0.4 is 0 Å². The zero-order chi connectivity index (χ0) is 8.55. The molecule has 2 nitrogen and oxygen atoms in total. The standard InChI is InChI=1S/C10H19NO/c1-11-7-9(11)10(12)8-5-3-2-4-6-8/h8-10,12H,2-7H2,1H3/t9-,10+,11?/m0/s1. The summed E-state index contributed by atoms with van der Waals surface area (Å²) in [5, 5.41) is 9.94. The summed E-state index contributed by atoms with van der Waals surface area (Å²) in [6, 6.07) is 0.494. The fourth-order valence-electron chi connectivity index (χ4n) is 2.41. The zero-order valence-electron chi connectivity index (χ0n) is 7.87. The summed E-state index contributed by atoms with van der Waals surface area (Å²) in [6.45, 7) is 1.11. The van der Waals surface area contributed by atoms with Gasteiger partial charge in [-0.15, -0.1) is 0 Å². The number of aliphatic hydroxyl groups excluding tert-OH is 1. The minimum atomic E-state index is -0.0321. The van der Waals surface area contributed by atoms with Crippen molar-refractivity contribution in [3.8, 4) is 0 Å². The number of nitrogens with zero attached hydrogens (tertiary/aromatic N) is 1. The third kappa shape index (κ3) is 1.64. The van der Waals surface area contributed by atoms with Gasteiger partial charge in [0.05, 0.1) is 6.10 Å². The van der Waals surface area contributed by atoms with E-state index in [-0.39, 0.29) is 6.10 Å². The molecule has 0 bridgehead atoms. The van der Waals surface area contributed by atoms with Crippen LogP contribution in [0.25, 0.3) is 0 Å². The molecule has 0 radical (unpaired) electrons. The summed E-state index contributed by atoms with van der Waals surface area (Å²) < 4.78 is 0. The summed E-state index contributed by atoms with van der Waals surface area (Å²) >= 11 is 0. The monoisotopic (exact) mass is 169 g/mol. The predicted octanol–water partition coefficient (Wildman–Crippen LogP) is 1.24. The molecule has 12 heavy (non-hydrogen) atoms. The van der Waals surface area contributed by atoms with Gasteiger partial charge in [-0.2, -0.15) is 0 Å². The Labute approximate surface area is 74.6 Å². The highest BCUT2D eigenvalue weighted by atomic mass is 16.3. The normalized spacial score (nSPS) is 39.5. The molecule has 1 unspecified atom stereocenters. The van der Waals surface area contributed by atoms with E-state index in [9.17, 15) is 5.11 Å². The van der Waals surface area contributed by atoms with E-state index < -0.39 is 0 Å². The Morgan fingerprint density at radius 1 is 1.25 bits per heavy atom. The lowest BCUT2D eigenvalue weighted by molar-refractivity contribution is 0.0744. The second-order valence-corrected chi connectivity index (χ2v) is 4.40. The number of hydrogen-bond donors (Lipinski definition) is 1. The van der Waals surface area contributed by atoms with E-state index in [2.05, 4.69) is 11.9 Å². The molecule has 3 atom stereocenters. The highest BCUT2D eigenvalue weighted by Crippen LogP contribution is 2.32. The van der Waals surface area contributed by atoms with E-state index in [1.54, 1.807) is 0 Å². The Bertz CT molecular complexity index is 154. The van der Waals surface area contributed by atoms with Crippen LogP contribution in [-0.2, 0) is 0 Å². The maximum Gasteiger partial charge on any atom is 0.0735 e. The van der Waals surface area contributed by atoms with Crippen LogP contribution >= 0.6 is 0 Å². The van der Waals surface area contributed by atoms with Crippen molar-refractivity contribution in [1.82, 2.24) is 4.90 Å². The van der Waals surface area contributed by atoms with Crippen LogP contribution in [0, 0.1) is 5.92 Å². The van der Waals surface area contributed by atoms with Crippen molar-refractivity contribution < 1.29 is 5.11 Å². The molecule has 0 aromatic heterocycles. The SMILES string of the molecule is CN1C[C@H]1[C@H](O)C1CCCCC1. The zero-order valence-corrected chi connectivity index (χ0v) is 7.87. The molecule has 1 saturated heterocycles. The minimum Gasteiger partial charge on any atom is -0.391 e. The fraction of sp³-hybridized carbons (Fsp3) is 1.00. The van der Waals surface area contributed by atoms with Crippen molar-refractivity contribution in [2.24, 2.45) is 5.92 Å². The van der Waals surface area contributed by atoms with Crippen molar-refractivity contribution >= 4 is 0 Å². The highest BCUT2D eigenvalue weighted by molar-refractivity contribution is 4.95. The van der Waals surface area contributed by atoms with E-state index >= 15 is 0 Å². The molecule has 1 saturated carbocycles. The Hall–Kier alpha value is -0.0800. The maximum atomic E-state index is 9.94. The molecular formula is C10H19NO. The molecule has 70 valence electrons. The van der Waals surface area contributed by atoms with Gasteiger partial charge in [-0.05, 0) is 25.8 Å². The third-order valence-corrected chi connectivity index (χ3v) is 3.43. The van der Waals surface area contributed by atoms with E-state index in [1.165, 1.54) is 32.1 Å². The van der Waals surface area contributed by atoms with Crippen molar-refractivity contribution in [3.63, 3.8) is 0 Å². The van der Waals surface area contributed by atoms with Crippen LogP contribution in [0.4, 0.5) is 0 Å². The molecule has 1 aliphatic heterocycles. The topological polar surface area (TPSA) is 23.2 Å². The van der Waals surface area contributed by atoms with E-state index in [4.69, 9.17) is 0 Å². The first-order chi connectivity index (χ1) is 5.79. The van der Waals surface area contributed by atoms with Crippen molar-refractivity contribution in [2.45, 2.75) is 44.2 Å². The Morgan fingerprint density at radius 3 is 2.33 bits per heavy atom. The lowest BCUT2D eigenvalue weighted by Gasteiger charge is -2.26. The van der Waals surface area contributed by atoms with Gasteiger partial charge >= 0.3 is 0 Å². The van der Waals surface area contributed by atoms with Crippen molar-refractivity contribution in [2.75, 3.05) is 13.6 Å². The van der Waals surface area contributed by atoms with Crippen LogP contribution in [0.2, 0.25) is 0 Å². The Morgan fingerprint density at radius 2 is 1.83 bits per heavy atom. The van der Waals surface area contributed by atoms with E-state index in [1.807, 2.05) is 0 Å². The first-order valence-electron chi connectivity index (χ1n) is 5.17. The predicted molar refractivity (Wildman–Crippen MR) is 49.0 cm³/mol. The summed E-state index contributed by atoms with van der Waals surface area (Å²) in [7, 11) is 2.09. The summed E-state index contributed by atoms with van der Waals surface area (Å²) in [5.74, 6) is 0.605. The molecule has 1 heterocycles. The van der Waals surface area contributed by atoms with Crippen LogP contribution in [0.5, 0.6) is 0 Å². The molecular weight excluding hydrogens is 150 g/mol. The summed E-state index contributed by atoms with van der Waals surface area (Å²) in [5.41, 5.74) is 0. The van der Waals surface area contributed by atoms with Crippen LogP contribution in [0.1, 0.15) is 32.1 Å². The number of hydrogen-bond acceptors (Lipinski definition) is 2. The quantitative estimate of drug-likeness (QED) is 0.629. The molecule has 2 aliphatic rings. The fourth-order valence-corrected chi connectivity index (χ4v) is 2.41. The largest absolute Gasteiger partial charge is 0.391 e. The lowest BCUT2D eigenvalue weighted by atomic mass is 9.84. The third-order valence-electron chi connectivity index (χ3n) is 3.43. The number of aliphatic hydroxyl groups is 1. The average Bonchev–Trinajstić information content (AvgIpc) is 2.83.